The van der Waals surface area contributed by atoms with Crippen molar-refractivity contribution in [2.75, 3.05) is 66.1 Å². The summed E-state index contributed by atoms with van der Waals surface area (Å²) in [6, 6.07) is 0. The molecule has 0 spiro atoms. The van der Waals surface area contributed by atoms with Crippen LogP contribution in [0.25, 0.3) is 0 Å². The molecule has 126 valence electrons. The molecule has 0 aliphatic rings. The van der Waals surface area contributed by atoms with Crippen LogP contribution in [0.4, 0.5) is 0 Å². The summed E-state index contributed by atoms with van der Waals surface area (Å²) < 4.78 is 35.4. The molecule has 0 aromatic carbocycles. The first kappa shape index (κ1) is 21.3. The van der Waals surface area contributed by atoms with E-state index in [1.165, 1.54) is 0 Å². The van der Waals surface area contributed by atoms with E-state index in [0.717, 1.165) is 13.2 Å². The summed E-state index contributed by atoms with van der Waals surface area (Å²) in [7, 11) is 0.639. The van der Waals surface area contributed by atoms with Crippen LogP contribution in [0.5, 0.6) is 0 Å². The molecule has 0 bridgehead atoms. The van der Waals surface area contributed by atoms with Crippen LogP contribution in [-0.2, 0) is 28.0 Å². The highest BCUT2D eigenvalue weighted by Gasteiger charge is 1.91. The van der Waals surface area contributed by atoms with Crippen molar-refractivity contribution in [1.29, 1.82) is 0 Å². The Labute approximate surface area is 130 Å². The SMILES string of the molecule is CCOCCOCCOP=NPOCCOCCOCC. The van der Waals surface area contributed by atoms with E-state index in [-0.39, 0.29) is 8.96 Å². The zero-order valence-corrected chi connectivity index (χ0v) is 14.8. The molecule has 0 aromatic heterocycles. The van der Waals surface area contributed by atoms with E-state index < -0.39 is 0 Å². The molecular weight excluding hydrogens is 316 g/mol. The van der Waals surface area contributed by atoms with Crippen molar-refractivity contribution in [3.63, 3.8) is 0 Å². The number of ether oxygens (including phenoxy) is 4. The van der Waals surface area contributed by atoms with Gasteiger partial charge in [-0.1, -0.05) is 0 Å². The summed E-state index contributed by atoms with van der Waals surface area (Å²) in [5.41, 5.74) is 0. The second kappa shape index (κ2) is 20.3. The van der Waals surface area contributed by atoms with Crippen LogP contribution in [0.15, 0.2) is 4.52 Å². The summed E-state index contributed by atoms with van der Waals surface area (Å²) in [6.45, 7) is 9.96. The van der Waals surface area contributed by atoms with Gasteiger partial charge in [-0.05, 0) is 13.8 Å². The minimum atomic E-state index is 0.0721. The fourth-order valence-electron chi connectivity index (χ4n) is 1.09. The average Bonchev–Trinajstić information content (AvgIpc) is 2.50. The first-order chi connectivity index (χ1) is 10.4. The molecule has 0 fully saturated rings. The van der Waals surface area contributed by atoms with E-state index in [2.05, 4.69) is 4.52 Å². The van der Waals surface area contributed by atoms with E-state index in [4.69, 9.17) is 28.0 Å². The molecule has 0 rings (SSSR count). The Morgan fingerprint density at radius 1 is 0.714 bits per heavy atom. The molecule has 7 nitrogen and oxygen atoms in total. The Morgan fingerprint density at radius 3 is 1.86 bits per heavy atom. The lowest BCUT2D eigenvalue weighted by Gasteiger charge is -2.03. The molecule has 0 amide bonds. The molecule has 0 radical (unpaired) electrons. The number of hydrogen-bond donors (Lipinski definition) is 0. The molecular formula is C12H27NO6P2. The Balaban J connectivity index is 3.02. The fourth-order valence-corrected chi connectivity index (χ4v) is 2.01. The highest BCUT2D eigenvalue weighted by molar-refractivity contribution is 7.39. The van der Waals surface area contributed by atoms with Crippen LogP contribution in [-0.4, -0.2) is 66.1 Å². The van der Waals surface area contributed by atoms with E-state index in [0.29, 0.717) is 61.5 Å². The molecule has 0 heterocycles. The molecule has 0 saturated heterocycles. The molecule has 1 unspecified atom stereocenters. The van der Waals surface area contributed by atoms with Crippen molar-refractivity contribution < 1.29 is 28.0 Å². The Morgan fingerprint density at radius 2 is 1.24 bits per heavy atom. The van der Waals surface area contributed by atoms with E-state index in [9.17, 15) is 0 Å². The maximum atomic E-state index is 5.29. The lowest BCUT2D eigenvalue weighted by molar-refractivity contribution is 0.0422. The predicted molar refractivity (Wildman–Crippen MR) is 84.2 cm³/mol. The average molecular weight is 343 g/mol. The fraction of sp³-hybridized carbons (Fsp3) is 1.00. The monoisotopic (exact) mass is 343 g/mol. The summed E-state index contributed by atoms with van der Waals surface area (Å²) in [4.78, 5) is 0. The van der Waals surface area contributed by atoms with Gasteiger partial charge in [-0.15, -0.1) is 0 Å². The van der Waals surface area contributed by atoms with E-state index in [1.54, 1.807) is 0 Å². The van der Waals surface area contributed by atoms with Gasteiger partial charge in [-0.3, -0.25) is 0 Å². The third-order valence-electron chi connectivity index (χ3n) is 2.00. The molecule has 0 N–H and O–H groups in total. The van der Waals surface area contributed by atoms with Crippen molar-refractivity contribution in [1.82, 2.24) is 0 Å². The molecule has 0 aliphatic heterocycles. The highest BCUT2D eigenvalue weighted by Crippen LogP contribution is 2.20. The van der Waals surface area contributed by atoms with Crippen molar-refractivity contribution in [3.8, 4) is 0 Å². The smallest absolute Gasteiger partial charge is 0.178 e. The van der Waals surface area contributed by atoms with Crippen LogP contribution in [0.1, 0.15) is 13.8 Å². The lowest BCUT2D eigenvalue weighted by Crippen LogP contribution is -2.07. The van der Waals surface area contributed by atoms with Crippen LogP contribution in [0, 0.1) is 0 Å². The van der Waals surface area contributed by atoms with Gasteiger partial charge in [0.2, 0.25) is 0 Å². The quantitative estimate of drug-likeness (QED) is 0.299. The molecule has 0 saturated carbocycles. The zero-order valence-electron chi connectivity index (χ0n) is 12.9. The number of rotatable bonds is 17. The lowest BCUT2D eigenvalue weighted by atomic mass is 10.7. The predicted octanol–water partition coefficient (Wildman–Crippen LogP) is 2.68. The normalized spacial score (nSPS) is 12.1. The second-order valence-corrected chi connectivity index (χ2v) is 5.27. The summed E-state index contributed by atoms with van der Waals surface area (Å²) in [6.07, 6.45) is 0. The van der Waals surface area contributed by atoms with E-state index in [1.807, 2.05) is 13.8 Å². The molecule has 1 atom stereocenters. The summed E-state index contributed by atoms with van der Waals surface area (Å²) in [5.74, 6) is 0. The maximum absolute atomic E-state index is 5.29. The van der Waals surface area contributed by atoms with Crippen molar-refractivity contribution >= 4 is 17.6 Å². The van der Waals surface area contributed by atoms with Crippen molar-refractivity contribution in [2.24, 2.45) is 4.52 Å². The minimum absolute atomic E-state index is 0.0721. The molecule has 9 heteroatoms. The number of nitrogens with zero attached hydrogens (tertiary/aromatic N) is 1. The van der Waals surface area contributed by atoms with Crippen LogP contribution in [0.2, 0.25) is 0 Å². The van der Waals surface area contributed by atoms with Gasteiger partial charge in [0.05, 0.1) is 52.9 Å². The molecule has 21 heavy (non-hydrogen) atoms. The summed E-state index contributed by atoms with van der Waals surface area (Å²) >= 11 is 0. The third-order valence-corrected chi connectivity index (χ3v) is 3.29. The Bertz CT molecular complexity index is 224. The van der Waals surface area contributed by atoms with Gasteiger partial charge in [-0.2, -0.15) is 4.52 Å². The van der Waals surface area contributed by atoms with Gasteiger partial charge in [-0.25, -0.2) is 0 Å². The van der Waals surface area contributed by atoms with Gasteiger partial charge < -0.3 is 28.0 Å². The molecule has 0 aromatic rings. The van der Waals surface area contributed by atoms with Crippen molar-refractivity contribution in [3.05, 3.63) is 0 Å². The third kappa shape index (κ3) is 20.3. The van der Waals surface area contributed by atoms with Crippen molar-refractivity contribution in [2.45, 2.75) is 13.8 Å². The Hall–Kier alpha value is 0.290. The van der Waals surface area contributed by atoms with Gasteiger partial charge >= 0.3 is 0 Å². The van der Waals surface area contributed by atoms with Crippen LogP contribution < -0.4 is 0 Å². The number of hydrogen-bond acceptors (Lipinski definition) is 7. The molecule has 0 aliphatic carbocycles. The Kier molecular flexibility index (Phi) is 20.6. The van der Waals surface area contributed by atoms with Crippen LogP contribution >= 0.6 is 17.6 Å². The van der Waals surface area contributed by atoms with Gasteiger partial charge in [0.1, 0.15) is 8.96 Å². The van der Waals surface area contributed by atoms with Gasteiger partial charge in [0.15, 0.2) is 8.60 Å². The van der Waals surface area contributed by atoms with Crippen LogP contribution in [0.3, 0.4) is 0 Å². The topological polar surface area (TPSA) is 67.7 Å². The minimum Gasteiger partial charge on any atom is -0.379 e. The van der Waals surface area contributed by atoms with E-state index >= 15 is 0 Å². The van der Waals surface area contributed by atoms with Gasteiger partial charge in [0, 0.05) is 13.2 Å². The second-order valence-electron chi connectivity index (χ2n) is 3.57. The standard InChI is InChI=1S/C12H27NO6P2/c1-3-14-5-7-16-9-11-18-20-13-21-19-12-10-17-8-6-15-4-2/h20H,3-12H2,1-2H3. The highest BCUT2D eigenvalue weighted by atomic mass is 31.1. The maximum Gasteiger partial charge on any atom is 0.178 e. The zero-order chi connectivity index (χ0) is 15.4. The van der Waals surface area contributed by atoms with Gasteiger partial charge in [0.25, 0.3) is 0 Å². The first-order valence-electron chi connectivity index (χ1n) is 7.11. The first-order valence-corrected chi connectivity index (χ1v) is 8.73. The summed E-state index contributed by atoms with van der Waals surface area (Å²) in [5, 5.41) is 0. The largest absolute Gasteiger partial charge is 0.379 e.